The Kier molecular flexibility index (Phi) is 5.33. The van der Waals surface area contributed by atoms with Crippen LogP contribution >= 0.6 is 15.9 Å². The van der Waals surface area contributed by atoms with Gasteiger partial charge in [0, 0.05) is 27.5 Å². The van der Waals surface area contributed by atoms with E-state index in [-0.39, 0.29) is 18.1 Å². The van der Waals surface area contributed by atoms with Gasteiger partial charge in [0.05, 0.1) is 11.5 Å². The zero-order chi connectivity index (χ0) is 17.0. The zero-order valence-electron chi connectivity index (χ0n) is 12.7. The second-order valence-corrected chi connectivity index (χ2v) is 5.98. The third-order valence-corrected chi connectivity index (χ3v) is 3.90. The summed E-state index contributed by atoms with van der Waals surface area (Å²) in [6.07, 6.45) is 0. The van der Waals surface area contributed by atoms with Crippen LogP contribution in [0.4, 0.5) is 17.1 Å². The van der Waals surface area contributed by atoms with E-state index in [0.717, 1.165) is 15.7 Å². The van der Waals surface area contributed by atoms with Gasteiger partial charge in [0.15, 0.2) is 0 Å². The van der Waals surface area contributed by atoms with Gasteiger partial charge in [-0.05, 0) is 43.7 Å². The maximum absolute atomic E-state index is 12.0. The van der Waals surface area contributed by atoms with Crippen molar-refractivity contribution in [2.75, 3.05) is 17.2 Å². The second kappa shape index (κ2) is 7.23. The average molecular weight is 378 g/mol. The minimum absolute atomic E-state index is 0.0253. The molecule has 0 atom stereocenters. The molecule has 120 valence electrons. The SMILES string of the molecule is Cc1cc(Br)ccc1NC(=O)CNc1cccc([N+](=O)[O-])c1C. The molecule has 0 saturated heterocycles. The summed E-state index contributed by atoms with van der Waals surface area (Å²) in [7, 11) is 0. The highest BCUT2D eigenvalue weighted by molar-refractivity contribution is 9.10. The second-order valence-electron chi connectivity index (χ2n) is 5.07. The first kappa shape index (κ1) is 17.0. The maximum Gasteiger partial charge on any atom is 0.274 e. The first-order chi connectivity index (χ1) is 10.9. The number of nitrogens with one attached hydrogen (secondary N) is 2. The number of hydrogen-bond donors (Lipinski definition) is 2. The van der Waals surface area contributed by atoms with Gasteiger partial charge in [-0.1, -0.05) is 22.0 Å². The van der Waals surface area contributed by atoms with Crippen molar-refractivity contribution in [3.63, 3.8) is 0 Å². The van der Waals surface area contributed by atoms with Gasteiger partial charge in [-0.3, -0.25) is 14.9 Å². The number of hydrogen-bond acceptors (Lipinski definition) is 4. The molecule has 2 N–H and O–H groups in total. The van der Waals surface area contributed by atoms with E-state index < -0.39 is 4.92 Å². The number of nitro groups is 1. The number of rotatable bonds is 5. The normalized spacial score (nSPS) is 10.2. The fraction of sp³-hybridized carbons (Fsp3) is 0.188. The van der Waals surface area contributed by atoms with Gasteiger partial charge in [0.25, 0.3) is 5.69 Å². The van der Waals surface area contributed by atoms with Crippen LogP contribution in [-0.2, 0) is 4.79 Å². The number of anilines is 2. The summed E-state index contributed by atoms with van der Waals surface area (Å²) in [5.74, 6) is -0.221. The van der Waals surface area contributed by atoms with E-state index in [1.165, 1.54) is 6.07 Å². The summed E-state index contributed by atoms with van der Waals surface area (Å²) in [6.45, 7) is 3.58. The minimum Gasteiger partial charge on any atom is -0.376 e. The minimum atomic E-state index is -0.439. The number of nitro benzene ring substituents is 1. The molecule has 7 heteroatoms. The van der Waals surface area contributed by atoms with Crippen molar-refractivity contribution in [1.29, 1.82) is 0 Å². The van der Waals surface area contributed by atoms with Gasteiger partial charge >= 0.3 is 0 Å². The van der Waals surface area contributed by atoms with Crippen LogP contribution in [0.15, 0.2) is 40.9 Å². The van der Waals surface area contributed by atoms with Crippen molar-refractivity contribution >= 4 is 38.9 Å². The van der Waals surface area contributed by atoms with E-state index in [1.807, 2.05) is 25.1 Å². The Balaban J connectivity index is 2.02. The lowest BCUT2D eigenvalue weighted by molar-refractivity contribution is -0.385. The lowest BCUT2D eigenvalue weighted by Gasteiger charge is -2.11. The molecule has 23 heavy (non-hydrogen) atoms. The van der Waals surface area contributed by atoms with Crippen LogP contribution in [0.5, 0.6) is 0 Å². The van der Waals surface area contributed by atoms with Gasteiger partial charge in [-0.2, -0.15) is 0 Å². The summed E-state index contributed by atoms with van der Waals surface area (Å²) in [6, 6.07) is 10.3. The molecule has 0 aliphatic heterocycles. The molecule has 0 aliphatic carbocycles. The molecule has 0 saturated carbocycles. The molecule has 0 aliphatic rings. The van der Waals surface area contributed by atoms with Crippen LogP contribution in [0, 0.1) is 24.0 Å². The number of benzene rings is 2. The van der Waals surface area contributed by atoms with Crippen LogP contribution in [-0.4, -0.2) is 17.4 Å². The molecule has 0 bridgehead atoms. The summed E-state index contributed by atoms with van der Waals surface area (Å²) < 4.78 is 0.943. The fourth-order valence-corrected chi connectivity index (χ4v) is 2.63. The molecule has 1 amide bonds. The largest absolute Gasteiger partial charge is 0.376 e. The van der Waals surface area contributed by atoms with E-state index in [0.29, 0.717) is 11.3 Å². The predicted octanol–water partition coefficient (Wildman–Crippen LogP) is 4.02. The molecule has 0 heterocycles. The van der Waals surface area contributed by atoms with Gasteiger partial charge < -0.3 is 10.6 Å². The van der Waals surface area contributed by atoms with E-state index in [4.69, 9.17) is 0 Å². The third kappa shape index (κ3) is 4.29. The van der Waals surface area contributed by atoms with Crippen LogP contribution in [0.2, 0.25) is 0 Å². The van der Waals surface area contributed by atoms with Crippen molar-refractivity contribution in [2.24, 2.45) is 0 Å². The van der Waals surface area contributed by atoms with Gasteiger partial charge in [0.2, 0.25) is 5.91 Å². The highest BCUT2D eigenvalue weighted by Crippen LogP contribution is 2.25. The lowest BCUT2D eigenvalue weighted by Crippen LogP contribution is -2.22. The Labute approximate surface area is 142 Å². The molecule has 0 aromatic heterocycles. The molecule has 0 spiro atoms. The smallest absolute Gasteiger partial charge is 0.274 e. The first-order valence-corrected chi connectivity index (χ1v) is 7.71. The Morgan fingerprint density at radius 2 is 1.96 bits per heavy atom. The predicted molar refractivity (Wildman–Crippen MR) is 93.8 cm³/mol. The first-order valence-electron chi connectivity index (χ1n) is 6.92. The van der Waals surface area contributed by atoms with Gasteiger partial charge in [-0.15, -0.1) is 0 Å². The Morgan fingerprint density at radius 3 is 2.61 bits per heavy atom. The summed E-state index contributed by atoms with van der Waals surface area (Å²) in [4.78, 5) is 22.5. The van der Waals surface area contributed by atoms with Crippen molar-refractivity contribution in [3.8, 4) is 0 Å². The number of carbonyl (C=O) groups excluding carboxylic acids is 1. The van der Waals surface area contributed by atoms with E-state index in [2.05, 4.69) is 26.6 Å². The monoisotopic (exact) mass is 377 g/mol. The highest BCUT2D eigenvalue weighted by Gasteiger charge is 2.13. The van der Waals surface area contributed by atoms with Gasteiger partial charge in [0.1, 0.15) is 0 Å². The number of carbonyl (C=O) groups is 1. The summed E-state index contributed by atoms with van der Waals surface area (Å²) in [5.41, 5.74) is 2.78. The molecule has 0 fully saturated rings. The number of nitrogens with zero attached hydrogens (tertiary/aromatic N) is 1. The van der Waals surface area contributed by atoms with E-state index in [9.17, 15) is 14.9 Å². The van der Waals surface area contributed by atoms with E-state index in [1.54, 1.807) is 19.1 Å². The van der Waals surface area contributed by atoms with E-state index >= 15 is 0 Å². The summed E-state index contributed by atoms with van der Waals surface area (Å²) in [5, 5.41) is 16.7. The third-order valence-electron chi connectivity index (χ3n) is 3.40. The zero-order valence-corrected chi connectivity index (χ0v) is 14.3. The van der Waals surface area contributed by atoms with Crippen LogP contribution in [0.1, 0.15) is 11.1 Å². The number of amides is 1. The molecule has 2 aromatic carbocycles. The van der Waals surface area contributed by atoms with Crippen LogP contribution in [0.25, 0.3) is 0 Å². The Bertz CT molecular complexity index is 762. The fourth-order valence-electron chi connectivity index (χ4n) is 2.15. The topological polar surface area (TPSA) is 84.3 Å². The summed E-state index contributed by atoms with van der Waals surface area (Å²) >= 11 is 3.37. The average Bonchev–Trinajstić information content (AvgIpc) is 2.49. The molecular weight excluding hydrogens is 362 g/mol. The lowest BCUT2D eigenvalue weighted by atomic mass is 10.1. The van der Waals surface area contributed by atoms with Gasteiger partial charge in [-0.25, -0.2) is 0 Å². The molecule has 2 aromatic rings. The maximum atomic E-state index is 12.0. The Morgan fingerprint density at radius 1 is 1.22 bits per heavy atom. The van der Waals surface area contributed by atoms with Crippen molar-refractivity contribution in [1.82, 2.24) is 0 Å². The highest BCUT2D eigenvalue weighted by atomic mass is 79.9. The van der Waals surface area contributed by atoms with Crippen molar-refractivity contribution in [3.05, 3.63) is 62.1 Å². The molecule has 0 unspecified atom stereocenters. The molecule has 2 rings (SSSR count). The molecule has 6 nitrogen and oxygen atoms in total. The van der Waals surface area contributed by atoms with Crippen LogP contribution in [0.3, 0.4) is 0 Å². The van der Waals surface area contributed by atoms with Crippen molar-refractivity contribution in [2.45, 2.75) is 13.8 Å². The number of aryl methyl sites for hydroxylation is 1. The standard InChI is InChI=1S/C16H16BrN3O3/c1-10-8-12(17)6-7-13(10)19-16(21)9-18-14-4-3-5-15(11(14)2)20(22)23/h3-8,18H,9H2,1-2H3,(H,19,21). The van der Waals surface area contributed by atoms with Crippen LogP contribution < -0.4 is 10.6 Å². The quantitative estimate of drug-likeness (QED) is 0.608. The molecule has 0 radical (unpaired) electrons. The molecular formula is C16H16BrN3O3. The van der Waals surface area contributed by atoms with Crippen molar-refractivity contribution < 1.29 is 9.72 Å². The Hall–Kier alpha value is -2.41. The number of halogens is 1.